The molecule has 5 heteroatoms. The summed E-state index contributed by atoms with van der Waals surface area (Å²) in [5.41, 5.74) is -0.646. The van der Waals surface area contributed by atoms with Crippen LogP contribution < -0.4 is 5.32 Å². The smallest absolute Gasteiger partial charge is 0.327 e. The molecule has 0 spiro atoms. The Morgan fingerprint density at radius 2 is 2.10 bits per heavy atom. The van der Waals surface area contributed by atoms with Gasteiger partial charge in [0.05, 0.1) is 19.3 Å². The molecule has 0 bridgehead atoms. The van der Waals surface area contributed by atoms with Crippen LogP contribution in [0.5, 0.6) is 0 Å². The van der Waals surface area contributed by atoms with Crippen molar-refractivity contribution in [2.24, 2.45) is 5.92 Å². The van der Waals surface area contributed by atoms with Crippen molar-refractivity contribution in [2.75, 3.05) is 33.4 Å². The molecule has 0 aromatic rings. The fourth-order valence-corrected chi connectivity index (χ4v) is 3.53. The molecule has 3 aliphatic rings. The molecule has 1 aliphatic heterocycles. The molecule has 1 saturated heterocycles. The number of hydrogen-bond acceptors (Lipinski definition) is 5. The molecule has 21 heavy (non-hydrogen) atoms. The minimum atomic E-state index is -0.511. The first-order valence-electron chi connectivity index (χ1n) is 8.18. The summed E-state index contributed by atoms with van der Waals surface area (Å²) in [6.45, 7) is 7.47. The Labute approximate surface area is 127 Å². The topological polar surface area (TPSA) is 50.8 Å². The molecular weight excluding hydrogens is 268 g/mol. The maximum absolute atomic E-state index is 12.6. The van der Waals surface area contributed by atoms with Gasteiger partial charge in [-0.15, -0.1) is 0 Å². The molecule has 5 nitrogen and oxygen atoms in total. The van der Waals surface area contributed by atoms with Gasteiger partial charge in [-0.25, -0.2) is 4.79 Å². The third-order valence-corrected chi connectivity index (χ3v) is 4.84. The van der Waals surface area contributed by atoms with Crippen molar-refractivity contribution in [3.8, 4) is 0 Å². The third-order valence-electron chi connectivity index (χ3n) is 4.84. The Bertz CT molecular complexity index is 404. The molecule has 2 aliphatic carbocycles. The summed E-state index contributed by atoms with van der Waals surface area (Å²) >= 11 is 0. The van der Waals surface area contributed by atoms with Gasteiger partial charge in [-0.05, 0) is 45.4 Å². The Morgan fingerprint density at radius 3 is 2.62 bits per heavy atom. The van der Waals surface area contributed by atoms with Crippen LogP contribution in [0.25, 0.3) is 0 Å². The number of rotatable bonds is 6. The second kappa shape index (κ2) is 5.52. The van der Waals surface area contributed by atoms with E-state index in [0.717, 1.165) is 39.1 Å². The molecule has 0 aromatic heterocycles. The number of nitrogens with one attached hydrogen (secondary N) is 1. The number of hydrogen-bond donors (Lipinski definition) is 1. The largest absolute Gasteiger partial charge is 0.468 e. The summed E-state index contributed by atoms with van der Waals surface area (Å²) in [6, 6.07) is 0.499. The minimum absolute atomic E-state index is 0.0822. The van der Waals surface area contributed by atoms with Crippen molar-refractivity contribution in [3.63, 3.8) is 0 Å². The molecule has 1 atom stereocenters. The zero-order valence-corrected chi connectivity index (χ0v) is 13.5. The zero-order chi connectivity index (χ0) is 15.1. The highest BCUT2D eigenvalue weighted by atomic mass is 16.5. The van der Waals surface area contributed by atoms with E-state index in [-0.39, 0.29) is 11.6 Å². The molecule has 0 amide bonds. The first-order chi connectivity index (χ1) is 9.95. The van der Waals surface area contributed by atoms with E-state index in [9.17, 15) is 4.79 Å². The van der Waals surface area contributed by atoms with E-state index in [0.29, 0.717) is 12.0 Å². The Hall–Kier alpha value is -0.650. The molecule has 3 fully saturated rings. The lowest BCUT2D eigenvalue weighted by atomic mass is 9.91. The van der Waals surface area contributed by atoms with Crippen molar-refractivity contribution in [1.82, 2.24) is 10.2 Å². The molecule has 1 heterocycles. The first-order valence-corrected chi connectivity index (χ1v) is 8.18. The Balaban J connectivity index is 1.75. The molecule has 1 unspecified atom stereocenters. The van der Waals surface area contributed by atoms with Gasteiger partial charge in [0.1, 0.15) is 5.54 Å². The van der Waals surface area contributed by atoms with Crippen LogP contribution in [0.4, 0.5) is 0 Å². The highest BCUT2D eigenvalue weighted by Gasteiger charge is 2.55. The van der Waals surface area contributed by atoms with Gasteiger partial charge in [-0.3, -0.25) is 10.2 Å². The maximum atomic E-state index is 12.6. The van der Waals surface area contributed by atoms with Crippen LogP contribution in [0.2, 0.25) is 0 Å². The fraction of sp³-hybridized carbons (Fsp3) is 0.938. The van der Waals surface area contributed by atoms with Crippen molar-refractivity contribution in [1.29, 1.82) is 0 Å². The highest BCUT2D eigenvalue weighted by molar-refractivity contribution is 5.82. The van der Waals surface area contributed by atoms with Gasteiger partial charge in [0.25, 0.3) is 0 Å². The number of nitrogens with zero attached hydrogens (tertiary/aromatic N) is 1. The number of methoxy groups -OCH3 is 1. The molecule has 120 valence electrons. The monoisotopic (exact) mass is 296 g/mol. The number of esters is 1. The number of carbonyl (C=O) groups excluding carboxylic acids is 1. The normalized spacial score (nSPS) is 28.9. The minimum Gasteiger partial charge on any atom is -0.468 e. The summed E-state index contributed by atoms with van der Waals surface area (Å²) < 4.78 is 11.0. The molecule has 0 aromatic carbocycles. The molecular formula is C16H28N2O3. The lowest BCUT2D eigenvalue weighted by Gasteiger charge is -2.43. The number of morpholine rings is 1. The van der Waals surface area contributed by atoms with E-state index in [1.165, 1.54) is 20.0 Å². The van der Waals surface area contributed by atoms with Gasteiger partial charge >= 0.3 is 5.97 Å². The van der Waals surface area contributed by atoms with E-state index in [2.05, 4.69) is 24.1 Å². The third kappa shape index (κ3) is 3.41. The molecule has 2 saturated carbocycles. The highest BCUT2D eigenvalue weighted by Crippen LogP contribution is 2.43. The first kappa shape index (κ1) is 15.3. The van der Waals surface area contributed by atoms with Gasteiger partial charge in [-0.2, -0.15) is 0 Å². The van der Waals surface area contributed by atoms with Crippen molar-refractivity contribution in [2.45, 2.75) is 56.7 Å². The van der Waals surface area contributed by atoms with Crippen LogP contribution in [0.1, 0.15) is 39.5 Å². The second-order valence-electron chi connectivity index (χ2n) is 7.47. The quantitative estimate of drug-likeness (QED) is 0.746. The summed E-state index contributed by atoms with van der Waals surface area (Å²) in [6.07, 6.45) is 4.62. The van der Waals surface area contributed by atoms with Crippen molar-refractivity contribution in [3.05, 3.63) is 0 Å². The second-order valence-corrected chi connectivity index (χ2v) is 7.47. The summed E-state index contributed by atoms with van der Waals surface area (Å²) in [5.74, 6) is 0.345. The van der Waals surface area contributed by atoms with Gasteiger partial charge in [0.2, 0.25) is 0 Å². The zero-order valence-electron chi connectivity index (χ0n) is 13.5. The van der Waals surface area contributed by atoms with E-state index in [1.807, 2.05) is 0 Å². The van der Waals surface area contributed by atoms with Gasteiger partial charge in [-0.1, -0.05) is 0 Å². The van der Waals surface area contributed by atoms with Crippen molar-refractivity contribution < 1.29 is 14.3 Å². The average molecular weight is 296 g/mol. The summed E-state index contributed by atoms with van der Waals surface area (Å²) in [4.78, 5) is 14.9. The maximum Gasteiger partial charge on any atom is 0.327 e. The van der Waals surface area contributed by atoms with Gasteiger partial charge in [0, 0.05) is 25.7 Å². The van der Waals surface area contributed by atoms with Crippen LogP contribution in [0, 0.1) is 5.92 Å². The van der Waals surface area contributed by atoms with Crippen LogP contribution in [0.3, 0.4) is 0 Å². The van der Waals surface area contributed by atoms with E-state index >= 15 is 0 Å². The van der Waals surface area contributed by atoms with Gasteiger partial charge in [0.15, 0.2) is 0 Å². The molecule has 3 rings (SSSR count). The lowest BCUT2D eigenvalue weighted by Crippen LogP contribution is -2.64. The lowest BCUT2D eigenvalue weighted by molar-refractivity contribution is -0.153. The van der Waals surface area contributed by atoms with Crippen LogP contribution in [0.15, 0.2) is 0 Å². The predicted octanol–water partition coefficient (Wildman–Crippen LogP) is 1.17. The summed E-state index contributed by atoms with van der Waals surface area (Å²) in [7, 11) is 1.51. The summed E-state index contributed by atoms with van der Waals surface area (Å²) in [5, 5.41) is 3.63. The standard InChI is InChI=1S/C16H28N2O3/c1-15(2)10-18(8-9-21-15)11-16(12-4-5-12,14(19)20-3)17-13-6-7-13/h12-13,17H,4-11H2,1-3H3. The van der Waals surface area contributed by atoms with E-state index in [4.69, 9.17) is 9.47 Å². The SMILES string of the molecule is COC(=O)C(CN1CCOC(C)(C)C1)(NC1CC1)C1CC1. The van der Waals surface area contributed by atoms with Crippen LogP contribution >= 0.6 is 0 Å². The molecule has 1 N–H and O–H groups in total. The predicted molar refractivity (Wildman–Crippen MR) is 80.1 cm³/mol. The van der Waals surface area contributed by atoms with Crippen LogP contribution in [-0.2, 0) is 14.3 Å². The Kier molecular flexibility index (Phi) is 4.01. The fourth-order valence-electron chi connectivity index (χ4n) is 3.53. The number of ether oxygens (including phenoxy) is 2. The average Bonchev–Trinajstić information content (AvgIpc) is 3.27. The Morgan fingerprint density at radius 1 is 1.38 bits per heavy atom. The van der Waals surface area contributed by atoms with Crippen LogP contribution in [-0.4, -0.2) is 61.4 Å². The van der Waals surface area contributed by atoms with E-state index in [1.54, 1.807) is 0 Å². The van der Waals surface area contributed by atoms with E-state index < -0.39 is 5.54 Å². The molecule has 0 radical (unpaired) electrons. The van der Waals surface area contributed by atoms with Crippen molar-refractivity contribution >= 4 is 5.97 Å². The van der Waals surface area contributed by atoms with Gasteiger partial charge < -0.3 is 9.47 Å². The number of carbonyl (C=O) groups is 1.